The molecule has 0 spiro atoms. The molecule has 1 aromatic carbocycles. The molecule has 0 saturated carbocycles. The number of benzene rings is 1. The first-order valence-electron chi connectivity index (χ1n) is 10.2. The summed E-state index contributed by atoms with van der Waals surface area (Å²) in [5, 5.41) is 2.91. The monoisotopic (exact) mass is 394 g/mol. The van der Waals surface area contributed by atoms with Crippen LogP contribution in [0.25, 0.3) is 0 Å². The molecule has 29 heavy (non-hydrogen) atoms. The van der Waals surface area contributed by atoms with Crippen LogP contribution in [0, 0.1) is 6.92 Å². The fraction of sp³-hybridized carbons (Fsp3) is 0.435. The van der Waals surface area contributed by atoms with Crippen LogP contribution in [-0.2, 0) is 22.7 Å². The maximum atomic E-state index is 13.3. The van der Waals surface area contributed by atoms with Crippen LogP contribution in [0.3, 0.4) is 0 Å². The molecule has 1 aliphatic rings. The highest BCUT2D eigenvalue weighted by molar-refractivity contribution is 5.88. The van der Waals surface area contributed by atoms with Gasteiger partial charge in [0.25, 0.3) is 0 Å². The number of carbonyl (C=O) groups excluding carboxylic acids is 2. The Bertz CT molecular complexity index is 838. The number of nitrogens with zero attached hydrogens (tertiary/aromatic N) is 3. The molecule has 0 aliphatic carbocycles. The zero-order valence-electron chi connectivity index (χ0n) is 17.5. The predicted molar refractivity (Wildman–Crippen MR) is 113 cm³/mol. The summed E-state index contributed by atoms with van der Waals surface area (Å²) in [6.45, 7) is 8.44. The van der Waals surface area contributed by atoms with Gasteiger partial charge in [0.1, 0.15) is 0 Å². The van der Waals surface area contributed by atoms with Gasteiger partial charge >= 0.3 is 0 Å². The van der Waals surface area contributed by atoms with Crippen molar-refractivity contribution in [3.8, 4) is 0 Å². The predicted octanol–water partition coefficient (Wildman–Crippen LogP) is 2.52. The molecule has 3 rings (SSSR count). The second kappa shape index (κ2) is 9.65. The molecule has 6 heteroatoms. The Morgan fingerprint density at radius 3 is 2.66 bits per heavy atom. The number of amides is 2. The standard InChI is InChI=1S/C23H30N4O2/c1-17(2)27-13-12-25-23(29)21(27)14-22(28)26(15-19-9-5-4-6-10-19)16-20-18(3)8-7-11-24-20/h4-11,17,21H,12-16H2,1-3H3,(H,25,29)/t21-/m0/s1. The van der Waals surface area contributed by atoms with Gasteiger partial charge in [0.15, 0.2) is 0 Å². The first kappa shape index (κ1) is 21.0. The van der Waals surface area contributed by atoms with Crippen molar-refractivity contribution in [2.24, 2.45) is 0 Å². The molecule has 6 nitrogen and oxygen atoms in total. The van der Waals surface area contributed by atoms with Crippen LogP contribution < -0.4 is 5.32 Å². The van der Waals surface area contributed by atoms with Crippen molar-refractivity contribution in [1.29, 1.82) is 0 Å². The van der Waals surface area contributed by atoms with E-state index in [-0.39, 0.29) is 24.3 Å². The minimum absolute atomic E-state index is 0.0355. The fourth-order valence-electron chi connectivity index (χ4n) is 3.76. The third-order valence-electron chi connectivity index (χ3n) is 5.43. The molecule has 1 N–H and O–H groups in total. The summed E-state index contributed by atoms with van der Waals surface area (Å²) in [7, 11) is 0. The van der Waals surface area contributed by atoms with E-state index in [1.165, 1.54) is 0 Å². The number of rotatable bonds is 7. The molecule has 1 fully saturated rings. The van der Waals surface area contributed by atoms with E-state index in [2.05, 4.69) is 29.0 Å². The molecule has 2 heterocycles. The van der Waals surface area contributed by atoms with E-state index in [0.29, 0.717) is 19.6 Å². The minimum atomic E-state index is -0.431. The highest BCUT2D eigenvalue weighted by Gasteiger charge is 2.34. The van der Waals surface area contributed by atoms with Gasteiger partial charge in [-0.15, -0.1) is 0 Å². The van der Waals surface area contributed by atoms with Gasteiger partial charge in [-0.3, -0.25) is 19.5 Å². The van der Waals surface area contributed by atoms with Crippen molar-refractivity contribution < 1.29 is 9.59 Å². The van der Waals surface area contributed by atoms with Crippen molar-refractivity contribution in [2.75, 3.05) is 13.1 Å². The number of carbonyl (C=O) groups is 2. The van der Waals surface area contributed by atoms with E-state index in [1.807, 2.05) is 54.3 Å². The molecule has 1 aliphatic heterocycles. The second-order valence-corrected chi connectivity index (χ2v) is 7.84. The summed E-state index contributed by atoms with van der Waals surface area (Å²) in [5.41, 5.74) is 2.99. The smallest absolute Gasteiger partial charge is 0.237 e. The van der Waals surface area contributed by atoms with Crippen LogP contribution in [0.5, 0.6) is 0 Å². The van der Waals surface area contributed by atoms with E-state index >= 15 is 0 Å². The van der Waals surface area contributed by atoms with Crippen molar-refractivity contribution in [2.45, 2.75) is 52.4 Å². The quantitative estimate of drug-likeness (QED) is 0.784. The summed E-state index contributed by atoms with van der Waals surface area (Å²) >= 11 is 0. The third-order valence-corrected chi connectivity index (χ3v) is 5.43. The van der Waals surface area contributed by atoms with E-state index < -0.39 is 6.04 Å². The van der Waals surface area contributed by atoms with Gasteiger partial charge in [-0.25, -0.2) is 0 Å². The summed E-state index contributed by atoms with van der Waals surface area (Å²) < 4.78 is 0. The summed E-state index contributed by atoms with van der Waals surface area (Å²) in [6, 6.07) is 13.6. The summed E-state index contributed by atoms with van der Waals surface area (Å²) in [5.74, 6) is -0.0985. The molecule has 1 aromatic heterocycles. The number of hydrogen-bond acceptors (Lipinski definition) is 4. The van der Waals surface area contributed by atoms with E-state index in [4.69, 9.17) is 0 Å². The maximum absolute atomic E-state index is 13.3. The molecule has 0 bridgehead atoms. The van der Waals surface area contributed by atoms with Gasteiger partial charge < -0.3 is 10.2 Å². The Labute approximate surface area is 172 Å². The lowest BCUT2D eigenvalue weighted by Gasteiger charge is -2.38. The van der Waals surface area contributed by atoms with Crippen molar-refractivity contribution in [3.05, 3.63) is 65.5 Å². The van der Waals surface area contributed by atoms with Gasteiger partial charge in [0.05, 0.1) is 24.7 Å². The SMILES string of the molecule is Cc1cccnc1CN(Cc1ccccc1)C(=O)C[C@H]1C(=O)NCCN1C(C)C. The van der Waals surface area contributed by atoms with Gasteiger partial charge in [0, 0.05) is 31.9 Å². The van der Waals surface area contributed by atoms with Crippen molar-refractivity contribution in [3.63, 3.8) is 0 Å². The van der Waals surface area contributed by atoms with Crippen molar-refractivity contribution in [1.82, 2.24) is 20.1 Å². The lowest BCUT2D eigenvalue weighted by molar-refractivity contribution is -0.140. The van der Waals surface area contributed by atoms with Gasteiger partial charge in [-0.05, 0) is 38.0 Å². The highest BCUT2D eigenvalue weighted by atomic mass is 16.2. The molecular formula is C23H30N4O2. The molecule has 154 valence electrons. The Balaban J connectivity index is 1.81. The average Bonchev–Trinajstić information content (AvgIpc) is 2.71. The molecule has 2 amide bonds. The van der Waals surface area contributed by atoms with Crippen LogP contribution in [0.1, 0.15) is 37.1 Å². The van der Waals surface area contributed by atoms with Gasteiger partial charge in [-0.2, -0.15) is 0 Å². The Kier molecular flexibility index (Phi) is 6.99. The van der Waals surface area contributed by atoms with Crippen LogP contribution in [0.15, 0.2) is 48.7 Å². The third kappa shape index (κ3) is 5.41. The van der Waals surface area contributed by atoms with E-state index in [0.717, 1.165) is 23.4 Å². The minimum Gasteiger partial charge on any atom is -0.353 e. The van der Waals surface area contributed by atoms with Crippen LogP contribution in [-0.4, -0.2) is 51.8 Å². The molecule has 1 saturated heterocycles. The zero-order chi connectivity index (χ0) is 20.8. The first-order valence-corrected chi connectivity index (χ1v) is 10.2. The molecule has 0 radical (unpaired) electrons. The van der Waals surface area contributed by atoms with Crippen molar-refractivity contribution >= 4 is 11.8 Å². The van der Waals surface area contributed by atoms with E-state index in [9.17, 15) is 9.59 Å². The number of piperazine rings is 1. The largest absolute Gasteiger partial charge is 0.353 e. The maximum Gasteiger partial charge on any atom is 0.237 e. The zero-order valence-corrected chi connectivity index (χ0v) is 17.5. The Morgan fingerprint density at radius 1 is 1.21 bits per heavy atom. The number of hydrogen-bond donors (Lipinski definition) is 1. The molecule has 0 unspecified atom stereocenters. The lowest BCUT2D eigenvalue weighted by Crippen LogP contribution is -2.58. The number of nitrogens with one attached hydrogen (secondary N) is 1. The van der Waals surface area contributed by atoms with Crippen LogP contribution in [0.4, 0.5) is 0 Å². The summed E-state index contributed by atoms with van der Waals surface area (Å²) in [4.78, 5) is 34.2. The fourth-order valence-corrected chi connectivity index (χ4v) is 3.76. The molecular weight excluding hydrogens is 364 g/mol. The second-order valence-electron chi connectivity index (χ2n) is 7.84. The number of aryl methyl sites for hydroxylation is 1. The van der Waals surface area contributed by atoms with Gasteiger partial charge in [0.2, 0.25) is 11.8 Å². The Morgan fingerprint density at radius 2 is 1.97 bits per heavy atom. The Hall–Kier alpha value is -2.73. The van der Waals surface area contributed by atoms with E-state index in [1.54, 1.807) is 6.20 Å². The first-order chi connectivity index (χ1) is 14.0. The molecule has 2 aromatic rings. The number of aromatic nitrogens is 1. The highest BCUT2D eigenvalue weighted by Crippen LogP contribution is 2.18. The van der Waals surface area contributed by atoms with Gasteiger partial charge in [-0.1, -0.05) is 36.4 Å². The lowest BCUT2D eigenvalue weighted by atomic mass is 10.0. The normalized spacial score (nSPS) is 17.2. The van der Waals surface area contributed by atoms with Crippen LogP contribution >= 0.6 is 0 Å². The summed E-state index contributed by atoms with van der Waals surface area (Å²) in [6.07, 6.45) is 1.92. The van der Waals surface area contributed by atoms with Crippen LogP contribution in [0.2, 0.25) is 0 Å². The number of pyridine rings is 1. The topological polar surface area (TPSA) is 65.5 Å². The molecule has 1 atom stereocenters. The average molecular weight is 395 g/mol.